The smallest absolute Gasteiger partial charge is 0.326 e. The summed E-state index contributed by atoms with van der Waals surface area (Å²) in [5.74, 6) is -1.96. The molecule has 1 atom stereocenters. The Labute approximate surface area is 204 Å². The molecule has 0 spiro atoms. The van der Waals surface area contributed by atoms with E-state index < -0.39 is 46.9 Å². The molecule has 0 saturated carbocycles. The molecule has 0 bridgehead atoms. The van der Waals surface area contributed by atoms with Crippen LogP contribution in [0.4, 0.5) is 0 Å². The highest BCUT2D eigenvalue weighted by atomic mass is 32.2. The van der Waals surface area contributed by atoms with Crippen molar-refractivity contribution in [2.24, 2.45) is 0 Å². The second kappa shape index (κ2) is 11.5. The number of nitrogens with one attached hydrogen (secondary N) is 2. The van der Waals surface area contributed by atoms with E-state index in [1.807, 2.05) is 13.8 Å². The van der Waals surface area contributed by atoms with Gasteiger partial charge < -0.3 is 10.1 Å². The summed E-state index contributed by atoms with van der Waals surface area (Å²) < 4.78 is 32.2. The maximum Gasteiger partial charge on any atom is 0.326 e. The Morgan fingerprint density at radius 1 is 0.800 bits per heavy atom. The zero-order valence-electron chi connectivity index (χ0n) is 19.4. The van der Waals surface area contributed by atoms with Crippen LogP contribution < -0.4 is 10.0 Å². The molecule has 9 heteroatoms. The van der Waals surface area contributed by atoms with E-state index >= 15 is 0 Å². The normalized spacial score (nSPS) is 11.9. The Kier molecular flexibility index (Phi) is 8.51. The van der Waals surface area contributed by atoms with E-state index in [1.165, 1.54) is 12.1 Å². The van der Waals surface area contributed by atoms with Crippen LogP contribution in [0, 0.1) is 13.8 Å². The van der Waals surface area contributed by atoms with Crippen LogP contribution in [-0.4, -0.2) is 39.2 Å². The fourth-order valence-corrected chi connectivity index (χ4v) is 4.12. The number of carbonyl (C=O) groups excluding carboxylic acids is 3. The number of hydrogen-bond acceptors (Lipinski definition) is 6. The number of carbonyl (C=O) groups is 3. The number of sulfonamides is 1. The second-order valence-electron chi connectivity index (χ2n) is 7.93. The lowest BCUT2D eigenvalue weighted by Crippen LogP contribution is -2.39. The van der Waals surface area contributed by atoms with E-state index in [-0.39, 0.29) is 4.90 Å². The molecular weight excluding hydrogens is 468 g/mol. The highest BCUT2D eigenvalue weighted by Gasteiger charge is 2.26. The van der Waals surface area contributed by atoms with E-state index in [0.717, 1.165) is 11.1 Å². The van der Waals surface area contributed by atoms with Gasteiger partial charge in [-0.1, -0.05) is 77.9 Å². The van der Waals surface area contributed by atoms with E-state index in [2.05, 4.69) is 10.0 Å². The number of rotatable bonds is 10. The van der Waals surface area contributed by atoms with Crippen LogP contribution in [0.15, 0.2) is 83.8 Å². The van der Waals surface area contributed by atoms with Gasteiger partial charge in [0.2, 0.25) is 21.7 Å². The standard InChI is InChI=1S/C26H26N2O6S/c1-18-8-12-20(13-9-18)25(31)26(21-6-4-3-5-7-21)34-24(30)17-27-23(29)16-28-35(32,33)22-14-10-19(2)11-15-22/h3-15,26,28H,16-17H2,1-2H3,(H,27,29). The quantitative estimate of drug-likeness (QED) is 0.331. The summed E-state index contributed by atoms with van der Waals surface area (Å²) in [6.07, 6.45) is -1.19. The minimum absolute atomic E-state index is 0.0237. The van der Waals surface area contributed by atoms with E-state index in [1.54, 1.807) is 66.7 Å². The molecule has 0 heterocycles. The predicted molar refractivity (Wildman–Crippen MR) is 130 cm³/mol. The van der Waals surface area contributed by atoms with Crippen molar-refractivity contribution in [3.05, 3.63) is 101 Å². The third-order valence-corrected chi connectivity index (χ3v) is 6.53. The summed E-state index contributed by atoms with van der Waals surface area (Å²) >= 11 is 0. The average molecular weight is 495 g/mol. The van der Waals surface area contributed by atoms with Crippen molar-refractivity contribution in [1.29, 1.82) is 0 Å². The molecule has 0 aliphatic rings. The lowest BCUT2D eigenvalue weighted by Gasteiger charge is -2.18. The zero-order chi connectivity index (χ0) is 25.4. The second-order valence-corrected chi connectivity index (χ2v) is 9.69. The summed E-state index contributed by atoms with van der Waals surface area (Å²) in [7, 11) is -3.88. The molecule has 1 amide bonds. The molecule has 0 aliphatic carbocycles. The first-order valence-corrected chi connectivity index (χ1v) is 12.3. The molecule has 8 nitrogen and oxygen atoms in total. The Bertz CT molecular complexity index is 1290. The van der Waals surface area contributed by atoms with Gasteiger partial charge in [0.25, 0.3) is 0 Å². The minimum Gasteiger partial charge on any atom is -0.448 e. The van der Waals surface area contributed by atoms with Gasteiger partial charge in [-0.15, -0.1) is 0 Å². The van der Waals surface area contributed by atoms with Gasteiger partial charge in [-0.05, 0) is 26.0 Å². The van der Waals surface area contributed by atoms with Crippen molar-refractivity contribution in [1.82, 2.24) is 10.0 Å². The van der Waals surface area contributed by atoms with Crippen molar-refractivity contribution in [2.45, 2.75) is 24.8 Å². The number of aryl methyl sites for hydroxylation is 2. The van der Waals surface area contributed by atoms with Crippen LogP contribution in [-0.2, 0) is 24.3 Å². The molecule has 182 valence electrons. The zero-order valence-corrected chi connectivity index (χ0v) is 20.2. The van der Waals surface area contributed by atoms with Gasteiger partial charge in [-0.25, -0.2) is 13.1 Å². The summed E-state index contributed by atoms with van der Waals surface area (Å²) in [6, 6.07) is 21.6. The number of amides is 1. The third kappa shape index (κ3) is 7.33. The number of ether oxygens (including phenoxy) is 1. The summed E-state index contributed by atoms with van der Waals surface area (Å²) in [5, 5.41) is 2.31. The Morgan fingerprint density at radius 2 is 1.37 bits per heavy atom. The van der Waals surface area contributed by atoms with Crippen LogP contribution in [0.3, 0.4) is 0 Å². The summed E-state index contributed by atoms with van der Waals surface area (Å²) in [5.41, 5.74) is 2.75. The van der Waals surface area contributed by atoms with Crippen molar-refractivity contribution < 1.29 is 27.5 Å². The van der Waals surface area contributed by atoms with Crippen molar-refractivity contribution in [3.8, 4) is 0 Å². The highest BCUT2D eigenvalue weighted by Crippen LogP contribution is 2.23. The summed E-state index contributed by atoms with van der Waals surface area (Å²) in [4.78, 5) is 37.6. The molecule has 3 aromatic rings. The Balaban J connectivity index is 1.59. The number of esters is 1. The third-order valence-electron chi connectivity index (χ3n) is 5.11. The molecule has 1 unspecified atom stereocenters. The summed E-state index contributed by atoms with van der Waals surface area (Å²) in [6.45, 7) is 2.63. The Morgan fingerprint density at radius 3 is 1.97 bits per heavy atom. The topological polar surface area (TPSA) is 119 Å². The van der Waals surface area contributed by atoms with Crippen LogP contribution in [0.5, 0.6) is 0 Å². The monoisotopic (exact) mass is 494 g/mol. The van der Waals surface area contributed by atoms with Crippen molar-refractivity contribution in [3.63, 3.8) is 0 Å². The van der Waals surface area contributed by atoms with Gasteiger partial charge in [0.05, 0.1) is 11.4 Å². The minimum atomic E-state index is -3.88. The van der Waals surface area contributed by atoms with Crippen molar-refractivity contribution in [2.75, 3.05) is 13.1 Å². The van der Waals surface area contributed by atoms with Crippen LogP contribution in [0.2, 0.25) is 0 Å². The van der Waals surface area contributed by atoms with E-state index in [0.29, 0.717) is 11.1 Å². The highest BCUT2D eigenvalue weighted by molar-refractivity contribution is 7.89. The van der Waals surface area contributed by atoms with E-state index in [9.17, 15) is 22.8 Å². The molecule has 3 rings (SSSR count). The first-order chi connectivity index (χ1) is 16.7. The van der Waals surface area contributed by atoms with Gasteiger partial charge >= 0.3 is 5.97 Å². The maximum atomic E-state index is 13.1. The molecule has 35 heavy (non-hydrogen) atoms. The van der Waals surface area contributed by atoms with Gasteiger partial charge in [0.15, 0.2) is 6.10 Å². The molecule has 0 saturated heterocycles. The molecule has 0 aromatic heterocycles. The van der Waals surface area contributed by atoms with Gasteiger partial charge in [0.1, 0.15) is 6.54 Å². The largest absolute Gasteiger partial charge is 0.448 e. The number of ketones is 1. The van der Waals surface area contributed by atoms with Crippen LogP contribution in [0.25, 0.3) is 0 Å². The number of hydrogen-bond donors (Lipinski definition) is 2. The Hall–Kier alpha value is -3.82. The first-order valence-electron chi connectivity index (χ1n) is 10.8. The molecule has 2 N–H and O–H groups in total. The fraction of sp³-hybridized carbons (Fsp3) is 0.192. The van der Waals surface area contributed by atoms with Gasteiger partial charge in [-0.2, -0.15) is 0 Å². The maximum absolute atomic E-state index is 13.1. The SMILES string of the molecule is Cc1ccc(C(=O)C(OC(=O)CNC(=O)CNS(=O)(=O)c2ccc(C)cc2)c2ccccc2)cc1. The number of benzene rings is 3. The molecule has 0 aliphatic heterocycles. The molecule has 0 radical (unpaired) electrons. The number of Topliss-reactive ketones (excluding diaryl/α,β-unsaturated/α-hetero) is 1. The van der Waals surface area contributed by atoms with Gasteiger partial charge in [0, 0.05) is 11.1 Å². The van der Waals surface area contributed by atoms with Crippen LogP contribution >= 0.6 is 0 Å². The molecular formula is C26H26N2O6S. The van der Waals surface area contributed by atoms with Gasteiger partial charge in [-0.3, -0.25) is 14.4 Å². The average Bonchev–Trinajstić information content (AvgIpc) is 2.85. The predicted octanol–water partition coefficient (Wildman–Crippen LogP) is 2.87. The lowest BCUT2D eigenvalue weighted by atomic mass is 9.99. The molecule has 0 fully saturated rings. The van der Waals surface area contributed by atoms with E-state index in [4.69, 9.17) is 4.74 Å². The molecule has 3 aromatic carbocycles. The lowest BCUT2D eigenvalue weighted by molar-refractivity contribution is -0.147. The first kappa shape index (κ1) is 25.8. The fourth-order valence-electron chi connectivity index (χ4n) is 3.14. The van der Waals surface area contributed by atoms with Crippen LogP contribution in [0.1, 0.15) is 33.2 Å². The van der Waals surface area contributed by atoms with Crippen molar-refractivity contribution >= 4 is 27.7 Å².